The van der Waals surface area contributed by atoms with Gasteiger partial charge in [-0.2, -0.15) is 0 Å². The predicted octanol–water partition coefficient (Wildman–Crippen LogP) is 18.3. The highest BCUT2D eigenvalue weighted by atomic mass is 16.6. The van der Waals surface area contributed by atoms with Gasteiger partial charge >= 0.3 is 17.9 Å². The molecule has 0 aromatic rings. The summed E-state index contributed by atoms with van der Waals surface area (Å²) in [6.07, 6.45) is 60.3. The molecule has 0 spiro atoms. The van der Waals surface area contributed by atoms with Gasteiger partial charge in [0.25, 0.3) is 0 Å². The molecule has 0 rings (SSSR count). The monoisotopic (exact) mass is 887 g/mol. The smallest absolute Gasteiger partial charge is 0.306 e. The van der Waals surface area contributed by atoms with Gasteiger partial charge in [-0.25, -0.2) is 0 Å². The van der Waals surface area contributed by atoms with Crippen LogP contribution >= 0.6 is 0 Å². The molecule has 0 bridgehead atoms. The van der Waals surface area contributed by atoms with Crippen LogP contribution in [0.5, 0.6) is 0 Å². The zero-order valence-electron chi connectivity index (χ0n) is 42.4. The Kier molecular flexibility index (Phi) is 50.8. The maximum absolute atomic E-state index is 12.8. The molecule has 0 heterocycles. The van der Waals surface area contributed by atoms with Crippen LogP contribution < -0.4 is 0 Å². The van der Waals surface area contributed by atoms with Crippen molar-refractivity contribution in [3.05, 3.63) is 24.3 Å². The standard InChI is InChI=1S/C57H106O6/c1-4-7-10-13-16-19-21-23-25-27-28-30-31-33-35-38-41-44-47-50-56(59)62-53-54(52-61-55(58)49-46-43-40-37-18-15-12-9-6-3)63-57(60)51-48-45-42-39-36-34-32-29-26-24-22-20-17-14-11-8-5-2/h16,19,23,25,54H,4-15,17-18,20-22,24,26-53H2,1-3H3/b19-16-,25-23-. The second-order valence-electron chi connectivity index (χ2n) is 18.9. The normalized spacial score (nSPS) is 12.1. The molecule has 63 heavy (non-hydrogen) atoms. The fraction of sp³-hybridized carbons (Fsp3) is 0.877. The van der Waals surface area contributed by atoms with Crippen LogP contribution in [-0.4, -0.2) is 37.2 Å². The van der Waals surface area contributed by atoms with Gasteiger partial charge in [0.15, 0.2) is 6.10 Å². The zero-order valence-corrected chi connectivity index (χ0v) is 42.4. The maximum Gasteiger partial charge on any atom is 0.306 e. The lowest BCUT2D eigenvalue weighted by Gasteiger charge is -2.18. The summed E-state index contributed by atoms with van der Waals surface area (Å²) in [5.74, 6) is -0.856. The van der Waals surface area contributed by atoms with Crippen LogP contribution in [0.1, 0.15) is 303 Å². The first-order valence-electron chi connectivity index (χ1n) is 27.8. The van der Waals surface area contributed by atoms with E-state index < -0.39 is 6.10 Å². The zero-order chi connectivity index (χ0) is 45.8. The molecule has 0 amide bonds. The van der Waals surface area contributed by atoms with Crippen molar-refractivity contribution in [2.45, 2.75) is 309 Å². The van der Waals surface area contributed by atoms with Gasteiger partial charge in [-0.15, -0.1) is 0 Å². The van der Waals surface area contributed by atoms with Crippen LogP contribution in [0.2, 0.25) is 0 Å². The van der Waals surface area contributed by atoms with E-state index in [1.807, 2.05) is 0 Å². The molecular weight excluding hydrogens is 781 g/mol. The number of esters is 3. The van der Waals surface area contributed by atoms with Crippen LogP contribution in [0, 0.1) is 0 Å². The van der Waals surface area contributed by atoms with Crippen molar-refractivity contribution >= 4 is 17.9 Å². The average molecular weight is 887 g/mol. The minimum absolute atomic E-state index is 0.0676. The molecule has 0 aliphatic carbocycles. The van der Waals surface area contributed by atoms with Gasteiger partial charge in [-0.1, -0.05) is 257 Å². The molecule has 1 atom stereocenters. The number of rotatable bonds is 51. The number of hydrogen-bond acceptors (Lipinski definition) is 6. The van der Waals surface area contributed by atoms with E-state index in [1.54, 1.807) is 0 Å². The highest BCUT2D eigenvalue weighted by Crippen LogP contribution is 2.17. The Morgan fingerprint density at radius 3 is 0.905 bits per heavy atom. The summed E-state index contributed by atoms with van der Waals surface area (Å²) in [6.45, 7) is 6.63. The number of hydrogen-bond donors (Lipinski definition) is 0. The Bertz CT molecular complexity index is 1020. The molecule has 0 saturated heterocycles. The number of ether oxygens (including phenoxy) is 3. The minimum atomic E-state index is -0.766. The number of carbonyl (C=O) groups excluding carboxylic acids is 3. The van der Waals surface area contributed by atoms with E-state index in [0.717, 1.165) is 64.2 Å². The largest absolute Gasteiger partial charge is 0.462 e. The van der Waals surface area contributed by atoms with E-state index in [4.69, 9.17) is 14.2 Å². The van der Waals surface area contributed by atoms with Gasteiger partial charge in [0, 0.05) is 19.3 Å². The number of carbonyl (C=O) groups is 3. The van der Waals surface area contributed by atoms with Crippen LogP contribution in [-0.2, 0) is 28.6 Å². The first kappa shape index (κ1) is 60.9. The summed E-state index contributed by atoms with van der Waals surface area (Å²) < 4.78 is 16.8. The van der Waals surface area contributed by atoms with Crippen molar-refractivity contribution in [2.24, 2.45) is 0 Å². The molecule has 0 radical (unpaired) electrons. The number of unbranched alkanes of at least 4 members (excludes halogenated alkanes) is 36. The maximum atomic E-state index is 12.8. The first-order chi connectivity index (χ1) is 31.0. The lowest BCUT2D eigenvalue weighted by Crippen LogP contribution is -2.30. The molecule has 0 aliphatic rings. The van der Waals surface area contributed by atoms with Gasteiger partial charge in [0.05, 0.1) is 0 Å². The molecule has 0 aromatic heterocycles. The molecule has 0 aromatic carbocycles. The van der Waals surface area contributed by atoms with E-state index in [9.17, 15) is 14.4 Å². The topological polar surface area (TPSA) is 78.9 Å². The lowest BCUT2D eigenvalue weighted by molar-refractivity contribution is -0.167. The van der Waals surface area contributed by atoms with Gasteiger partial charge in [0.2, 0.25) is 0 Å². The Morgan fingerprint density at radius 1 is 0.317 bits per heavy atom. The quantitative estimate of drug-likeness (QED) is 0.0262. The highest BCUT2D eigenvalue weighted by molar-refractivity contribution is 5.71. The summed E-state index contributed by atoms with van der Waals surface area (Å²) >= 11 is 0. The Hall–Kier alpha value is -2.11. The molecule has 1 unspecified atom stereocenters. The van der Waals surface area contributed by atoms with Crippen LogP contribution in [0.3, 0.4) is 0 Å². The molecular formula is C57H106O6. The summed E-state index contributed by atoms with van der Waals surface area (Å²) in [6, 6.07) is 0. The molecule has 370 valence electrons. The Balaban J connectivity index is 4.25. The SMILES string of the molecule is CCCCC/C=C\C/C=C\CCCCCCCCCCCC(=O)OCC(COC(=O)CCCCCCCCCCC)OC(=O)CCCCCCCCCCCCCCCCCCC. The van der Waals surface area contributed by atoms with Crippen molar-refractivity contribution < 1.29 is 28.6 Å². The van der Waals surface area contributed by atoms with Gasteiger partial charge < -0.3 is 14.2 Å². The second-order valence-corrected chi connectivity index (χ2v) is 18.9. The van der Waals surface area contributed by atoms with Crippen molar-refractivity contribution in [2.75, 3.05) is 13.2 Å². The van der Waals surface area contributed by atoms with E-state index in [2.05, 4.69) is 45.1 Å². The third-order valence-corrected chi connectivity index (χ3v) is 12.5. The van der Waals surface area contributed by atoms with Crippen LogP contribution in [0.4, 0.5) is 0 Å². The van der Waals surface area contributed by atoms with Crippen molar-refractivity contribution in [3.63, 3.8) is 0 Å². The predicted molar refractivity (Wildman–Crippen MR) is 270 cm³/mol. The summed E-state index contributed by atoms with van der Waals surface area (Å²) in [7, 11) is 0. The van der Waals surface area contributed by atoms with Gasteiger partial charge in [-0.3, -0.25) is 14.4 Å². The first-order valence-corrected chi connectivity index (χ1v) is 27.8. The van der Waals surface area contributed by atoms with Crippen LogP contribution in [0.15, 0.2) is 24.3 Å². The van der Waals surface area contributed by atoms with Gasteiger partial charge in [-0.05, 0) is 51.4 Å². The third kappa shape index (κ3) is 50.7. The molecule has 0 fully saturated rings. The Morgan fingerprint density at radius 2 is 0.571 bits per heavy atom. The lowest BCUT2D eigenvalue weighted by atomic mass is 10.0. The molecule has 0 saturated carbocycles. The average Bonchev–Trinajstić information content (AvgIpc) is 3.28. The summed E-state index contributed by atoms with van der Waals surface area (Å²) in [5.41, 5.74) is 0. The van der Waals surface area contributed by atoms with E-state index in [-0.39, 0.29) is 31.1 Å². The third-order valence-electron chi connectivity index (χ3n) is 12.5. The molecule has 0 N–H and O–H groups in total. The van der Waals surface area contributed by atoms with Crippen LogP contribution in [0.25, 0.3) is 0 Å². The Labute approximate surface area is 392 Å². The van der Waals surface area contributed by atoms with E-state index in [0.29, 0.717) is 19.3 Å². The van der Waals surface area contributed by atoms with Gasteiger partial charge in [0.1, 0.15) is 13.2 Å². The highest BCUT2D eigenvalue weighted by Gasteiger charge is 2.19. The van der Waals surface area contributed by atoms with E-state index in [1.165, 1.54) is 199 Å². The van der Waals surface area contributed by atoms with Crippen molar-refractivity contribution in [3.8, 4) is 0 Å². The number of allylic oxidation sites excluding steroid dienone is 4. The molecule has 0 aliphatic heterocycles. The van der Waals surface area contributed by atoms with Crippen molar-refractivity contribution in [1.82, 2.24) is 0 Å². The fourth-order valence-electron chi connectivity index (χ4n) is 8.24. The summed E-state index contributed by atoms with van der Waals surface area (Å²) in [5, 5.41) is 0. The molecule has 6 nitrogen and oxygen atoms in total. The second kappa shape index (κ2) is 52.5. The van der Waals surface area contributed by atoms with E-state index >= 15 is 0 Å². The minimum Gasteiger partial charge on any atom is -0.462 e. The molecule has 6 heteroatoms. The summed E-state index contributed by atoms with van der Waals surface area (Å²) in [4.78, 5) is 38.0. The van der Waals surface area contributed by atoms with Crippen molar-refractivity contribution in [1.29, 1.82) is 0 Å². The fourth-order valence-corrected chi connectivity index (χ4v) is 8.24.